The lowest BCUT2D eigenvalue weighted by Crippen LogP contribution is -2.24. The summed E-state index contributed by atoms with van der Waals surface area (Å²) in [7, 11) is -3.54. The zero-order valence-corrected chi connectivity index (χ0v) is 12.7. The smallest absolute Gasteiger partial charge is 0.395 e. The summed E-state index contributed by atoms with van der Waals surface area (Å²) < 4.78 is 22.8. The van der Waals surface area contributed by atoms with Crippen LogP contribution in [0.1, 0.15) is 26.3 Å². The summed E-state index contributed by atoms with van der Waals surface area (Å²) in [6.07, 6.45) is 1.07. The summed E-state index contributed by atoms with van der Waals surface area (Å²) >= 11 is 0. The predicted molar refractivity (Wildman–Crippen MR) is 73.8 cm³/mol. The third-order valence-corrected chi connectivity index (χ3v) is 4.04. The Balaban J connectivity index is 2.97. The van der Waals surface area contributed by atoms with E-state index in [-0.39, 0.29) is 24.2 Å². The van der Waals surface area contributed by atoms with Crippen molar-refractivity contribution < 1.29 is 18.5 Å². The Hall–Kier alpha value is -1.50. The van der Waals surface area contributed by atoms with Crippen LogP contribution in [0, 0.1) is 17.0 Å². The molecule has 0 saturated carbocycles. The van der Waals surface area contributed by atoms with Crippen molar-refractivity contribution in [1.82, 2.24) is 10.1 Å². The quantitative estimate of drug-likeness (QED) is 0.469. The highest BCUT2D eigenvalue weighted by molar-refractivity contribution is 7.52. The standard InChI is InChI=1S/C11H18N3O5P/c1-5-18-20(17,13-8(2)3)19-11-6-9(4)10(7-12-11)14(15)16/h6-8H,5H2,1-4H3,(H,13,17). The molecule has 1 unspecified atom stereocenters. The van der Waals surface area contributed by atoms with Crippen molar-refractivity contribution in [2.75, 3.05) is 6.61 Å². The van der Waals surface area contributed by atoms with E-state index in [9.17, 15) is 14.7 Å². The van der Waals surface area contributed by atoms with Crippen LogP contribution in [0.5, 0.6) is 5.88 Å². The van der Waals surface area contributed by atoms with Crippen molar-refractivity contribution in [2.24, 2.45) is 0 Å². The number of aromatic nitrogens is 1. The average Bonchev–Trinajstić information content (AvgIpc) is 2.26. The Bertz CT molecular complexity index is 535. The highest BCUT2D eigenvalue weighted by Crippen LogP contribution is 2.44. The first-order valence-corrected chi connectivity index (χ1v) is 7.64. The fraction of sp³-hybridized carbons (Fsp3) is 0.545. The Morgan fingerprint density at radius 3 is 2.65 bits per heavy atom. The summed E-state index contributed by atoms with van der Waals surface area (Å²) in [5, 5.41) is 13.4. The minimum Gasteiger partial charge on any atom is -0.395 e. The topological polar surface area (TPSA) is 104 Å². The molecule has 1 aromatic heterocycles. The van der Waals surface area contributed by atoms with Crippen molar-refractivity contribution in [1.29, 1.82) is 0 Å². The lowest BCUT2D eigenvalue weighted by Gasteiger charge is -2.20. The fourth-order valence-electron chi connectivity index (χ4n) is 1.46. The highest BCUT2D eigenvalue weighted by atomic mass is 31.2. The number of nitrogens with zero attached hydrogens (tertiary/aromatic N) is 2. The van der Waals surface area contributed by atoms with E-state index in [1.807, 2.05) is 0 Å². The maximum Gasteiger partial charge on any atom is 0.460 e. The molecule has 0 aliphatic carbocycles. The number of aryl methyl sites for hydroxylation is 1. The van der Waals surface area contributed by atoms with Crippen molar-refractivity contribution in [3.05, 3.63) is 27.9 Å². The van der Waals surface area contributed by atoms with E-state index in [0.29, 0.717) is 5.56 Å². The lowest BCUT2D eigenvalue weighted by molar-refractivity contribution is -0.385. The molecular weight excluding hydrogens is 285 g/mol. The molecule has 9 heteroatoms. The molecule has 1 rings (SSSR count). The van der Waals surface area contributed by atoms with Crippen LogP contribution >= 0.6 is 7.75 Å². The van der Waals surface area contributed by atoms with Gasteiger partial charge in [-0.15, -0.1) is 0 Å². The zero-order chi connectivity index (χ0) is 15.3. The molecular formula is C11H18N3O5P. The lowest BCUT2D eigenvalue weighted by atomic mass is 10.2. The van der Waals surface area contributed by atoms with Gasteiger partial charge < -0.3 is 4.52 Å². The predicted octanol–water partition coefficient (Wildman–Crippen LogP) is 2.82. The van der Waals surface area contributed by atoms with Crippen molar-refractivity contribution in [3.8, 4) is 5.88 Å². The number of hydrogen-bond acceptors (Lipinski definition) is 6. The summed E-state index contributed by atoms with van der Waals surface area (Å²) in [5.41, 5.74) is 0.244. The monoisotopic (exact) mass is 303 g/mol. The first-order valence-electron chi connectivity index (χ1n) is 6.10. The summed E-state index contributed by atoms with van der Waals surface area (Å²) in [6, 6.07) is 1.23. The molecule has 0 radical (unpaired) electrons. The van der Waals surface area contributed by atoms with E-state index in [0.717, 1.165) is 6.20 Å². The van der Waals surface area contributed by atoms with E-state index in [1.54, 1.807) is 27.7 Å². The maximum atomic E-state index is 12.4. The Kier molecular flexibility index (Phi) is 5.62. The van der Waals surface area contributed by atoms with Crippen LogP contribution in [-0.2, 0) is 9.09 Å². The molecule has 112 valence electrons. The second kappa shape index (κ2) is 6.78. The van der Waals surface area contributed by atoms with E-state index < -0.39 is 12.7 Å². The van der Waals surface area contributed by atoms with Crippen molar-refractivity contribution in [2.45, 2.75) is 33.7 Å². The summed E-state index contributed by atoms with van der Waals surface area (Å²) in [6.45, 7) is 7.02. The van der Waals surface area contributed by atoms with Crippen LogP contribution in [0.15, 0.2) is 12.3 Å². The molecule has 0 aliphatic heterocycles. The molecule has 20 heavy (non-hydrogen) atoms. The van der Waals surface area contributed by atoms with Gasteiger partial charge >= 0.3 is 7.75 Å². The summed E-state index contributed by atoms with van der Waals surface area (Å²) in [5.74, 6) is 0.0121. The largest absolute Gasteiger partial charge is 0.460 e. The Labute approximate surface area is 117 Å². The van der Waals surface area contributed by atoms with E-state index in [4.69, 9.17) is 9.05 Å². The molecule has 0 fully saturated rings. The van der Waals surface area contributed by atoms with Gasteiger partial charge in [0, 0.05) is 17.7 Å². The molecule has 8 nitrogen and oxygen atoms in total. The van der Waals surface area contributed by atoms with Crippen LogP contribution in [-0.4, -0.2) is 22.6 Å². The second-order valence-corrected chi connectivity index (χ2v) is 6.05. The van der Waals surface area contributed by atoms with E-state index in [2.05, 4.69) is 10.1 Å². The zero-order valence-electron chi connectivity index (χ0n) is 11.8. The van der Waals surface area contributed by atoms with Gasteiger partial charge in [0.2, 0.25) is 5.88 Å². The van der Waals surface area contributed by atoms with Gasteiger partial charge in [0.1, 0.15) is 6.20 Å². The minimum absolute atomic E-state index is 0.0121. The van der Waals surface area contributed by atoms with Crippen LogP contribution in [0.4, 0.5) is 5.69 Å². The first-order chi connectivity index (χ1) is 9.27. The molecule has 0 spiro atoms. The van der Waals surface area contributed by atoms with Gasteiger partial charge in [0.25, 0.3) is 5.69 Å². The number of pyridine rings is 1. The van der Waals surface area contributed by atoms with Gasteiger partial charge in [-0.05, 0) is 27.7 Å². The van der Waals surface area contributed by atoms with Crippen LogP contribution in [0.3, 0.4) is 0 Å². The third kappa shape index (κ3) is 4.56. The highest BCUT2D eigenvalue weighted by Gasteiger charge is 2.28. The number of rotatable bonds is 7. The maximum absolute atomic E-state index is 12.4. The number of nitrogens with one attached hydrogen (secondary N) is 1. The molecule has 0 aliphatic rings. The van der Waals surface area contributed by atoms with E-state index >= 15 is 0 Å². The van der Waals surface area contributed by atoms with Crippen LogP contribution in [0.25, 0.3) is 0 Å². The van der Waals surface area contributed by atoms with Crippen molar-refractivity contribution >= 4 is 13.4 Å². The molecule has 1 heterocycles. The molecule has 1 N–H and O–H groups in total. The van der Waals surface area contributed by atoms with Gasteiger partial charge in [-0.25, -0.2) is 14.6 Å². The Morgan fingerprint density at radius 2 is 2.20 bits per heavy atom. The van der Waals surface area contributed by atoms with Gasteiger partial charge in [-0.3, -0.25) is 14.6 Å². The van der Waals surface area contributed by atoms with Gasteiger partial charge in [-0.2, -0.15) is 0 Å². The number of nitro groups is 1. The molecule has 0 saturated heterocycles. The normalized spacial score (nSPS) is 14.1. The Morgan fingerprint density at radius 1 is 1.55 bits per heavy atom. The van der Waals surface area contributed by atoms with Crippen LogP contribution < -0.4 is 9.61 Å². The molecule has 0 bridgehead atoms. The molecule has 1 atom stereocenters. The average molecular weight is 303 g/mol. The second-order valence-electron chi connectivity index (χ2n) is 4.36. The van der Waals surface area contributed by atoms with Gasteiger partial charge in [0.15, 0.2) is 0 Å². The van der Waals surface area contributed by atoms with Gasteiger partial charge in [0.05, 0.1) is 11.5 Å². The van der Waals surface area contributed by atoms with Gasteiger partial charge in [-0.1, -0.05) is 0 Å². The fourth-order valence-corrected chi connectivity index (χ4v) is 2.96. The number of hydrogen-bond donors (Lipinski definition) is 1. The molecule has 1 aromatic rings. The van der Waals surface area contributed by atoms with Crippen LogP contribution in [0.2, 0.25) is 0 Å². The van der Waals surface area contributed by atoms with E-state index in [1.165, 1.54) is 6.07 Å². The molecule has 0 aromatic carbocycles. The molecule has 0 amide bonds. The first kappa shape index (κ1) is 16.6. The SMILES string of the molecule is CCOP(=O)(NC(C)C)Oc1cc(C)c([N+](=O)[O-])cn1. The summed E-state index contributed by atoms with van der Waals surface area (Å²) in [4.78, 5) is 13.9. The van der Waals surface area contributed by atoms with Crippen molar-refractivity contribution in [3.63, 3.8) is 0 Å². The third-order valence-electron chi connectivity index (χ3n) is 2.18. The minimum atomic E-state index is -3.54.